The summed E-state index contributed by atoms with van der Waals surface area (Å²) in [7, 11) is 0. The first-order valence-corrected chi connectivity index (χ1v) is 10.6. The maximum Gasteiger partial charge on any atom is 0.0459 e. The number of pyridine rings is 1. The fraction of sp³-hybridized carbons (Fsp3) is 0.458. The quantitative estimate of drug-likeness (QED) is 0.740. The van der Waals surface area contributed by atoms with Gasteiger partial charge in [0.15, 0.2) is 0 Å². The lowest BCUT2D eigenvalue weighted by Gasteiger charge is -2.36. The zero-order valence-electron chi connectivity index (χ0n) is 17.0. The Morgan fingerprint density at radius 2 is 1.86 bits per heavy atom. The zero-order valence-corrected chi connectivity index (χ0v) is 17.0. The Bertz CT molecular complexity index is 961. The molecule has 0 aliphatic carbocycles. The molecule has 0 saturated carbocycles. The molecular formula is C24H30N4. The van der Waals surface area contributed by atoms with Gasteiger partial charge in [-0.2, -0.15) is 0 Å². The molecular weight excluding hydrogens is 344 g/mol. The van der Waals surface area contributed by atoms with E-state index in [9.17, 15) is 0 Å². The number of nitrogens with zero attached hydrogens (tertiary/aromatic N) is 3. The van der Waals surface area contributed by atoms with Crippen molar-refractivity contribution < 1.29 is 0 Å². The van der Waals surface area contributed by atoms with Crippen LogP contribution in [0.25, 0.3) is 10.9 Å². The van der Waals surface area contributed by atoms with Crippen LogP contribution in [-0.4, -0.2) is 45.4 Å². The molecule has 1 N–H and O–H groups in total. The van der Waals surface area contributed by atoms with Gasteiger partial charge in [0.1, 0.15) is 0 Å². The highest BCUT2D eigenvalue weighted by molar-refractivity contribution is 5.85. The molecule has 0 radical (unpaired) electrons. The van der Waals surface area contributed by atoms with Crippen molar-refractivity contribution in [3.05, 3.63) is 65.1 Å². The summed E-state index contributed by atoms with van der Waals surface area (Å²) < 4.78 is 0. The third-order valence-corrected chi connectivity index (χ3v) is 6.74. The predicted molar refractivity (Wildman–Crippen MR) is 114 cm³/mol. The normalized spacial score (nSPS) is 23.4. The minimum Gasteiger partial charge on any atom is -0.357 e. The third-order valence-electron chi connectivity index (χ3n) is 6.74. The molecule has 4 heteroatoms. The lowest BCUT2D eigenvalue weighted by Crippen LogP contribution is -2.43. The van der Waals surface area contributed by atoms with Crippen molar-refractivity contribution in [3.8, 4) is 0 Å². The molecule has 28 heavy (non-hydrogen) atoms. The zero-order chi connectivity index (χ0) is 19.1. The average molecular weight is 375 g/mol. The standard InChI is InChI=1S/C24H30N4/c1-17-3-6-23-22(11-17)18(2)24(26-23)16-28-14-20-4-5-21(28)15-27(13-20)12-19-7-9-25-10-8-19/h3,6-11,20-21,26H,4-5,12-16H2,1-2H3. The number of nitrogens with one attached hydrogen (secondary N) is 1. The van der Waals surface area contributed by atoms with Crippen LogP contribution in [0.1, 0.15) is 35.2 Å². The maximum atomic E-state index is 4.16. The summed E-state index contributed by atoms with van der Waals surface area (Å²) in [5.74, 6) is 0.785. The summed E-state index contributed by atoms with van der Waals surface area (Å²) in [5.41, 5.74) is 6.81. The number of rotatable bonds is 4. The van der Waals surface area contributed by atoms with E-state index < -0.39 is 0 Å². The first-order valence-electron chi connectivity index (χ1n) is 10.6. The molecule has 146 valence electrons. The third kappa shape index (κ3) is 3.47. The molecule has 3 aromatic rings. The molecule has 0 amide bonds. The highest BCUT2D eigenvalue weighted by atomic mass is 15.3. The number of H-pyrrole nitrogens is 1. The van der Waals surface area contributed by atoms with Gasteiger partial charge in [-0.25, -0.2) is 0 Å². The molecule has 1 aromatic carbocycles. The number of aryl methyl sites for hydroxylation is 2. The van der Waals surface area contributed by atoms with Gasteiger partial charge in [-0.05, 0) is 68.0 Å². The van der Waals surface area contributed by atoms with E-state index in [0.29, 0.717) is 6.04 Å². The summed E-state index contributed by atoms with van der Waals surface area (Å²) >= 11 is 0. The number of benzene rings is 1. The Morgan fingerprint density at radius 3 is 2.71 bits per heavy atom. The summed E-state index contributed by atoms with van der Waals surface area (Å²) in [6, 6.07) is 11.7. The molecule has 2 unspecified atom stereocenters. The Hall–Kier alpha value is -2.17. The van der Waals surface area contributed by atoms with Gasteiger partial charge >= 0.3 is 0 Å². The SMILES string of the molecule is Cc1ccc2[nH]c(CN3CC4CCC3CN(Cc3ccncc3)C4)c(C)c2c1. The van der Waals surface area contributed by atoms with Crippen molar-refractivity contribution in [2.75, 3.05) is 19.6 Å². The van der Waals surface area contributed by atoms with Gasteiger partial charge in [0.25, 0.3) is 0 Å². The van der Waals surface area contributed by atoms with Crippen molar-refractivity contribution >= 4 is 10.9 Å². The molecule has 6 rings (SSSR count). The molecule has 0 spiro atoms. The second kappa shape index (κ2) is 7.34. The summed E-state index contributed by atoms with van der Waals surface area (Å²) in [5, 5.41) is 1.38. The van der Waals surface area contributed by atoms with Crippen LogP contribution in [0.2, 0.25) is 0 Å². The van der Waals surface area contributed by atoms with Crippen molar-refractivity contribution in [3.63, 3.8) is 0 Å². The fourth-order valence-electron chi connectivity index (χ4n) is 5.20. The molecule has 4 nitrogen and oxygen atoms in total. The number of hydrogen-bond donors (Lipinski definition) is 1. The number of fused-ring (bicyclic) bond motifs is 5. The van der Waals surface area contributed by atoms with Gasteiger partial charge in [-0.3, -0.25) is 14.8 Å². The summed E-state index contributed by atoms with van der Waals surface area (Å²) in [6.45, 7) is 10.2. The van der Waals surface area contributed by atoms with E-state index >= 15 is 0 Å². The molecule has 2 aromatic heterocycles. The minimum absolute atomic E-state index is 0.660. The van der Waals surface area contributed by atoms with E-state index in [1.54, 1.807) is 0 Å². The second-order valence-corrected chi connectivity index (χ2v) is 8.85. The van der Waals surface area contributed by atoms with Crippen molar-refractivity contribution in [2.45, 2.75) is 45.8 Å². The highest BCUT2D eigenvalue weighted by Gasteiger charge is 2.35. The Balaban J connectivity index is 1.34. The fourth-order valence-corrected chi connectivity index (χ4v) is 5.20. The van der Waals surface area contributed by atoms with Gasteiger partial charge in [0, 0.05) is 67.8 Å². The molecule has 3 aliphatic heterocycles. The van der Waals surface area contributed by atoms with Crippen LogP contribution in [0.4, 0.5) is 0 Å². The highest BCUT2D eigenvalue weighted by Crippen LogP contribution is 2.31. The lowest BCUT2D eigenvalue weighted by molar-refractivity contribution is 0.121. The van der Waals surface area contributed by atoms with E-state index in [4.69, 9.17) is 0 Å². The Kier molecular flexibility index (Phi) is 4.69. The Labute approximate surface area is 167 Å². The topological polar surface area (TPSA) is 35.2 Å². The molecule has 2 atom stereocenters. The molecule has 3 aliphatic rings. The summed E-state index contributed by atoms with van der Waals surface area (Å²) in [4.78, 5) is 13.3. The lowest BCUT2D eigenvalue weighted by atomic mass is 9.94. The predicted octanol–water partition coefficient (Wildman–Crippen LogP) is 4.28. The number of aromatic nitrogens is 2. The average Bonchev–Trinajstić information content (AvgIpc) is 2.84. The van der Waals surface area contributed by atoms with Crippen LogP contribution in [0, 0.1) is 19.8 Å². The van der Waals surface area contributed by atoms with Crippen molar-refractivity contribution in [2.24, 2.45) is 5.92 Å². The molecule has 3 fully saturated rings. The smallest absolute Gasteiger partial charge is 0.0459 e. The van der Waals surface area contributed by atoms with Crippen LogP contribution in [0.15, 0.2) is 42.7 Å². The maximum absolute atomic E-state index is 4.16. The number of piperidine rings is 1. The van der Waals surface area contributed by atoms with Gasteiger partial charge in [0.2, 0.25) is 0 Å². The van der Waals surface area contributed by atoms with E-state index in [1.807, 2.05) is 12.4 Å². The molecule has 2 bridgehead atoms. The Morgan fingerprint density at radius 1 is 1.00 bits per heavy atom. The van der Waals surface area contributed by atoms with Gasteiger partial charge in [0.05, 0.1) is 0 Å². The second-order valence-electron chi connectivity index (χ2n) is 8.85. The van der Waals surface area contributed by atoms with Crippen LogP contribution in [0.3, 0.4) is 0 Å². The first kappa shape index (κ1) is 17.9. The van der Waals surface area contributed by atoms with Crippen molar-refractivity contribution in [1.29, 1.82) is 0 Å². The monoisotopic (exact) mass is 374 g/mol. The number of aromatic amines is 1. The largest absolute Gasteiger partial charge is 0.357 e. The van der Waals surface area contributed by atoms with Gasteiger partial charge < -0.3 is 4.98 Å². The van der Waals surface area contributed by atoms with E-state index in [-0.39, 0.29) is 0 Å². The van der Waals surface area contributed by atoms with Gasteiger partial charge in [-0.15, -0.1) is 0 Å². The summed E-state index contributed by atoms with van der Waals surface area (Å²) in [6.07, 6.45) is 6.53. The van der Waals surface area contributed by atoms with Crippen molar-refractivity contribution in [1.82, 2.24) is 19.8 Å². The van der Waals surface area contributed by atoms with Crippen LogP contribution < -0.4 is 0 Å². The van der Waals surface area contributed by atoms with E-state index in [0.717, 1.165) is 19.0 Å². The van der Waals surface area contributed by atoms with E-state index in [1.165, 1.54) is 65.8 Å². The van der Waals surface area contributed by atoms with Crippen LogP contribution in [0.5, 0.6) is 0 Å². The first-order chi connectivity index (χ1) is 13.7. The minimum atomic E-state index is 0.660. The van der Waals surface area contributed by atoms with Crippen LogP contribution in [-0.2, 0) is 13.1 Å². The van der Waals surface area contributed by atoms with E-state index in [2.05, 4.69) is 63.9 Å². The molecule has 3 saturated heterocycles. The van der Waals surface area contributed by atoms with Gasteiger partial charge in [-0.1, -0.05) is 11.6 Å². The van der Waals surface area contributed by atoms with Crippen LogP contribution >= 0.6 is 0 Å². The number of hydrogen-bond acceptors (Lipinski definition) is 3. The molecule has 5 heterocycles.